The van der Waals surface area contributed by atoms with E-state index in [9.17, 15) is 4.79 Å². The topological polar surface area (TPSA) is 39.2 Å². The lowest BCUT2D eigenvalue weighted by Crippen LogP contribution is -2.02. The molecular weight excluding hydrogens is 198 g/mol. The molecule has 78 valence electrons. The molecule has 0 saturated carbocycles. The van der Waals surface area contributed by atoms with Crippen LogP contribution in [0.5, 0.6) is 0 Å². The van der Waals surface area contributed by atoms with Crippen molar-refractivity contribution in [3.8, 4) is 0 Å². The van der Waals surface area contributed by atoms with Gasteiger partial charge in [0.25, 0.3) is 0 Å². The van der Waals surface area contributed by atoms with Crippen molar-refractivity contribution >= 4 is 17.1 Å². The second-order valence-electron chi connectivity index (χ2n) is 2.98. The normalized spacial score (nSPS) is 10.4. The zero-order valence-corrected chi connectivity index (χ0v) is 9.39. The summed E-state index contributed by atoms with van der Waals surface area (Å²) in [6.45, 7) is 5.22. The Kier molecular flexibility index (Phi) is 4.76. The molecular formula is C10H15NO2S. The summed E-state index contributed by atoms with van der Waals surface area (Å²) >= 11 is 1.51. The predicted molar refractivity (Wildman–Crippen MR) is 56.9 cm³/mol. The smallest absolute Gasteiger partial charge is 0.182 e. The van der Waals surface area contributed by atoms with Gasteiger partial charge in [-0.15, -0.1) is 11.3 Å². The van der Waals surface area contributed by atoms with E-state index in [-0.39, 0.29) is 5.78 Å². The zero-order chi connectivity index (χ0) is 10.4. The third-order valence-corrected chi connectivity index (χ3v) is 2.57. The van der Waals surface area contributed by atoms with Crippen LogP contribution in [0.15, 0.2) is 5.38 Å². The third-order valence-electron chi connectivity index (χ3n) is 1.80. The van der Waals surface area contributed by atoms with E-state index in [2.05, 4.69) is 4.98 Å². The molecule has 0 fully saturated rings. The Labute approximate surface area is 88.1 Å². The number of nitrogens with zero attached hydrogens (tertiary/aromatic N) is 1. The number of ketones is 1. The molecule has 0 spiro atoms. The molecule has 0 N–H and O–H groups in total. The largest absolute Gasteiger partial charge is 0.382 e. The Morgan fingerprint density at radius 2 is 2.43 bits per heavy atom. The minimum atomic E-state index is 0.119. The van der Waals surface area contributed by atoms with Crippen LogP contribution < -0.4 is 0 Å². The fourth-order valence-electron chi connectivity index (χ4n) is 1.10. The highest BCUT2D eigenvalue weighted by Crippen LogP contribution is 2.10. The number of ether oxygens (including phenoxy) is 1. The number of carbonyl (C=O) groups is 1. The molecule has 0 unspecified atom stereocenters. The molecule has 0 atom stereocenters. The van der Waals surface area contributed by atoms with E-state index >= 15 is 0 Å². The fourth-order valence-corrected chi connectivity index (χ4v) is 1.72. The summed E-state index contributed by atoms with van der Waals surface area (Å²) in [5, 5.41) is 2.76. The standard InChI is InChI=1S/C10H15NO2S/c1-3-13-6-4-5-10(12)9-7-14-8(2)11-9/h7H,3-6H2,1-2H3. The quantitative estimate of drug-likeness (QED) is 0.538. The number of aryl methyl sites for hydroxylation is 1. The molecule has 3 nitrogen and oxygen atoms in total. The van der Waals surface area contributed by atoms with E-state index in [0.717, 1.165) is 11.4 Å². The summed E-state index contributed by atoms with van der Waals surface area (Å²) in [6, 6.07) is 0. The summed E-state index contributed by atoms with van der Waals surface area (Å²) in [5.41, 5.74) is 0.601. The molecule has 0 aliphatic heterocycles. The van der Waals surface area contributed by atoms with Crippen LogP contribution in [0.1, 0.15) is 35.3 Å². The van der Waals surface area contributed by atoms with Gasteiger partial charge in [-0.1, -0.05) is 0 Å². The highest BCUT2D eigenvalue weighted by molar-refractivity contribution is 7.09. The van der Waals surface area contributed by atoms with Crippen LogP contribution in [0.4, 0.5) is 0 Å². The van der Waals surface area contributed by atoms with Crippen LogP contribution >= 0.6 is 11.3 Å². The van der Waals surface area contributed by atoms with Gasteiger partial charge in [-0.2, -0.15) is 0 Å². The molecule has 0 aliphatic carbocycles. The van der Waals surface area contributed by atoms with Crippen molar-refractivity contribution in [2.45, 2.75) is 26.7 Å². The SMILES string of the molecule is CCOCCCC(=O)c1csc(C)n1. The molecule has 0 amide bonds. The molecule has 1 rings (SSSR count). The van der Waals surface area contributed by atoms with Gasteiger partial charge in [-0.25, -0.2) is 4.98 Å². The van der Waals surface area contributed by atoms with E-state index in [4.69, 9.17) is 4.74 Å². The highest BCUT2D eigenvalue weighted by Gasteiger charge is 2.08. The predicted octanol–water partition coefficient (Wildman–Crippen LogP) is 2.45. The van der Waals surface area contributed by atoms with Crippen molar-refractivity contribution in [1.29, 1.82) is 0 Å². The molecule has 0 aromatic carbocycles. The maximum absolute atomic E-state index is 11.5. The van der Waals surface area contributed by atoms with E-state index in [1.165, 1.54) is 11.3 Å². The zero-order valence-electron chi connectivity index (χ0n) is 8.58. The second kappa shape index (κ2) is 5.88. The molecule has 0 radical (unpaired) electrons. The van der Waals surface area contributed by atoms with Gasteiger partial charge in [0.1, 0.15) is 5.69 Å². The monoisotopic (exact) mass is 213 g/mol. The molecule has 1 aromatic rings. The maximum Gasteiger partial charge on any atom is 0.182 e. The lowest BCUT2D eigenvalue weighted by atomic mass is 10.2. The first-order valence-corrected chi connectivity index (χ1v) is 5.65. The Bertz CT molecular complexity index is 296. The van der Waals surface area contributed by atoms with Crippen LogP contribution in [0.3, 0.4) is 0 Å². The molecule has 14 heavy (non-hydrogen) atoms. The minimum Gasteiger partial charge on any atom is -0.382 e. The van der Waals surface area contributed by atoms with Crippen molar-refractivity contribution in [2.75, 3.05) is 13.2 Å². The van der Waals surface area contributed by atoms with Gasteiger partial charge in [0.15, 0.2) is 5.78 Å². The van der Waals surface area contributed by atoms with Gasteiger partial charge in [0.2, 0.25) is 0 Å². The van der Waals surface area contributed by atoms with Crippen molar-refractivity contribution in [3.63, 3.8) is 0 Å². The van der Waals surface area contributed by atoms with Crippen LogP contribution in [0, 0.1) is 6.92 Å². The summed E-state index contributed by atoms with van der Waals surface area (Å²) in [5.74, 6) is 0.119. The van der Waals surface area contributed by atoms with E-state index in [1.807, 2.05) is 19.2 Å². The minimum absolute atomic E-state index is 0.119. The fraction of sp³-hybridized carbons (Fsp3) is 0.600. The number of thiazole rings is 1. The molecule has 0 aliphatic rings. The first kappa shape index (κ1) is 11.3. The van der Waals surface area contributed by atoms with Crippen LogP contribution in [0.25, 0.3) is 0 Å². The molecule has 1 aromatic heterocycles. The van der Waals surface area contributed by atoms with Gasteiger partial charge in [0.05, 0.1) is 5.01 Å². The molecule has 4 heteroatoms. The van der Waals surface area contributed by atoms with E-state index < -0.39 is 0 Å². The van der Waals surface area contributed by atoms with Gasteiger partial charge in [0, 0.05) is 25.0 Å². The molecule has 1 heterocycles. The Hall–Kier alpha value is -0.740. The summed E-state index contributed by atoms with van der Waals surface area (Å²) in [4.78, 5) is 15.6. The summed E-state index contributed by atoms with van der Waals surface area (Å²) in [7, 11) is 0. The Morgan fingerprint density at radius 1 is 1.64 bits per heavy atom. The Morgan fingerprint density at radius 3 is 3.00 bits per heavy atom. The van der Waals surface area contributed by atoms with Gasteiger partial charge in [-0.05, 0) is 20.3 Å². The van der Waals surface area contributed by atoms with Crippen molar-refractivity contribution < 1.29 is 9.53 Å². The van der Waals surface area contributed by atoms with Crippen molar-refractivity contribution in [3.05, 3.63) is 16.1 Å². The van der Waals surface area contributed by atoms with Gasteiger partial charge >= 0.3 is 0 Å². The van der Waals surface area contributed by atoms with Crippen LogP contribution in [-0.2, 0) is 4.74 Å². The molecule has 0 saturated heterocycles. The first-order valence-electron chi connectivity index (χ1n) is 4.77. The lowest BCUT2D eigenvalue weighted by molar-refractivity contribution is 0.0943. The number of hydrogen-bond donors (Lipinski definition) is 0. The summed E-state index contributed by atoms with van der Waals surface area (Å²) in [6.07, 6.45) is 1.31. The van der Waals surface area contributed by atoms with Crippen molar-refractivity contribution in [1.82, 2.24) is 4.98 Å². The number of hydrogen-bond acceptors (Lipinski definition) is 4. The highest BCUT2D eigenvalue weighted by atomic mass is 32.1. The first-order chi connectivity index (χ1) is 6.74. The number of aromatic nitrogens is 1. The average Bonchev–Trinajstić information content (AvgIpc) is 2.59. The van der Waals surface area contributed by atoms with Gasteiger partial charge in [-0.3, -0.25) is 4.79 Å². The number of Topliss-reactive ketones (excluding diaryl/α,β-unsaturated/α-hetero) is 1. The second-order valence-corrected chi connectivity index (χ2v) is 4.04. The number of rotatable bonds is 6. The van der Waals surface area contributed by atoms with Crippen LogP contribution in [0.2, 0.25) is 0 Å². The molecule has 0 bridgehead atoms. The maximum atomic E-state index is 11.5. The van der Waals surface area contributed by atoms with E-state index in [1.54, 1.807) is 0 Å². The lowest BCUT2D eigenvalue weighted by Gasteiger charge is -1.98. The Balaban J connectivity index is 2.29. The van der Waals surface area contributed by atoms with Gasteiger partial charge < -0.3 is 4.74 Å². The third kappa shape index (κ3) is 3.55. The van der Waals surface area contributed by atoms with E-state index in [0.29, 0.717) is 25.3 Å². The number of carbonyl (C=O) groups excluding carboxylic acids is 1. The van der Waals surface area contributed by atoms with Crippen LogP contribution in [-0.4, -0.2) is 24.0 Å². The summed E-state index contributed by atoms with van der Waals surface area (Å²) < 4.78 is 5.15. The van der Waals surface area contributed by atoms with Crippen molar-refractivity contribution in [2.24, 2.45) is 0 Å². The average molecular weight is 213 g/mol.